The van der Waals surface area contributed by atoms with Crippen LogP contribution in [0.25, 0.3) is 0 Å². The SMILES string of the molecule is C/C(=N\O)c1ccc(OC2CCCC2)cc1. The van der Waals surface area contributed by atoms with E-state index in [9.17, 15) is 0 Å². The molecule has 0 aromatic heterocycles. The topological polar surface area (TPSA) is 41.8 Å². The van der Waals surface area contributed by atoms with Crippen LogP contribution in [0.4, 0.5) is 0 Å². The van der Waals surface area contributed by atoms with E-state index in [4.69, 9.17) is 9.94 Å². The fraction of sp³-hybridized carbons (Fsp3) is 0.462. The normalized spacial score (nSPS) is 17.7. The zero-order chi connectivity index (χ0) is 11.4. The largest absolute Gasteiger partial charge is 0.490 e. The molecular formula is C13H17NO2. The van der Waals surface area contributed by atoms with Crippen molar-refractivity contribution in [3.05, 3.63) is 29.8 Å². The molecule has 0 unspecified atom stereocenters. The minimum Gasteiger partial charge on any atom is -0.490 e. The van der Waals surface area contributed by atoms with E-state index in [1.54, 1.807) is 6.92 Å². The quantitative estimate of drug-likeness (QED) is 0.482. The van der Waals surface area contributed by atoms with Gasteiger partial charge in [-0.2, -0.15) is 0 Å². The maximum atomic E-state index is 8.64. The third-order valence-electron chi connectivity index (χ3n) is 3.03. The standard InChI is InChI=1S/C13H17NO2/c1-10(14-15)11-6-8-13(9-7-11)16-12-4-2-3-5-12/h6-9,12,15H,2-5H2,1H3/b14-10+. The Kier molecular flexibility index (Phi) is 3.44. The summed E-state index contributed by atoms with van der Waals surface area (Å²) in [5.74, 6) is 0.904. The first-order chi connectivity index (χ1) is 7.79. The van der Waals surface area contributed by atoms with Gasteiger partial charge < -0.3 is 9.94 Å². The van der Waals surface area contributed by atoms with Crippen molar-refractivity contribution in [2.24, 2.45) is 5.16 Å². The predicted molar refractivity (Wildman–Crippen MR) is 63.3 cm³/mol. The highest BCUT2D eigenvalue weighted by molar-refractivity contribution is 5.98. The fourth-order valence-electron chi connectivity index (χ4n) is 2.03. The van der Waals surface area contributed by atoms with E-state index >= 15 is 0 Å². The molecule has 0 radical (unpaired) electrons. The van der Waals surface area contributed by atoms with E-state index in [1.165, 1.54) is 25.7 Å². The molecule has 0 heterocycles. The van der Waals surface area contributed by atoms with Crippen LogP contribution in [-0.2, 0) is 0 Å². The summed E-state index contributed by atoms with van der Waals surface area (Å²) in [4.78, 5) is 0. The molecule has 1 aromatic rings. The Morgan fingerprint density at radius 1 is 1.25 bits per heavy atom. The van der Waals surface area contributed by atoms with Gasteiger partial charge in [-0.1, -0.05) is 5.16 Å². The molecule has 0 aliphatic heterocycles. The van der Waals surface area contributed by atoms with Gasteiger partial charge in [-0.25, -0.2) is 0 Å². The Bertz CT molecular complexity index is 364. The number of oxime groups is 1. The summed E-state index contributed by atoms with van der Waals surface area (Å²) in [6, 6.07) is 7.70. The van der Waals surface area contributed by atoms with Gasteiger partial charge in [-0.3, -0.25) is 0 Å². The molecule has 0 spiro atoms. The van der Waals surface area contributed by atoms with Crippen molar-refractivity contribution in [2.45, 2.75) is 38.7 Å². The lowest BCUT2D eigenvalue weighted by atomic mass is 10.1. The number of benzene rings is 1. The Morgan fingerprint density at radius 2 is 1.88 bits per heavy atom. The molecule has 0 amide bonds. The third-order valence-corrected chi connectivity index (χ3v) is 3.03. The van der Waals surface area contributed by atoms with Gasteiger partial charge in [-0.15, -0.1) is 0 Å². The van der Waals surface area contributed by atoms with Crippen molar-refractivity contribution in [3.63, 3.8) is 0 Å². The van der Waals surface area contributed by atoms with Crippen LogP contribution in [0.2, 0.25) is 0 Å². The minimum absolute atomic E-state index is 0.387. The molecule has 1 saturated carbocycles. The zero-order valence-corrected chi connectivity index (χ0v) is 9.52. The summed E-state index contributed by atoms with van der Waals surface area (Å²) in [6.07, 6.45) is 5.27. The van der Waals surface area contributed by atoms with E-state index in [-0.39, 0.29) is 0 Å². The van der Waals surface area contributed by atoms with Crippen molar-refractivity contribution in [1.82, 2.24) is 0 Å². The highest BCUT2D eigenvalue weighted by atomic mass is 16.5. The van der Waals surface area contributed by atoms with Gasteiger partial charge in [0.15, 0.2) is 0 Å². The fourth-order valence-corrected chi connectivity index (χ4v) is 2.03. The van der Waals surface area contributed by atoms with Gasteiger partial charge in [0, 0.05) is 0 Å². The van der Waals surface area contributed by atoms with E-state index in [0.717, 1.165) is 11.3 Å². The third kappa shape index (κ3) is 2.54. The van der Waals surface area contributed by atoms with Crippen LogP contribution in [0.3, 0.4) is 0 Å². The number of rotatable bonds is 3. The van der Waals surface area contributed by atoms with Crippen LogP contribution < -0.4 is 4.74 Å². The number of nitrogens with zero attached hydrogens (tertiary/aromatic N) is 1. The van der Waals surface area contributed by atoms with Crippen LogP contribution in [0, 0.1) is 0 Å². The Morgan fingerprint density at radius 3 is 2.44 bits per heavy atom. The van der Waals surface area contributed by atoms with E-state index in [1.807, 2.05) is 24.3 Å². The summed E-state index contributed by atoms with van der Waals surface area (Å²) >= 11 is 0. The molecule has 3 nitrogen and oxygen atoms in total. The molecule has 1 N–H and O–H groups in total. The first kappa shape index (κ1) is 11.0. The maximum absolute atomic E-state index is 8.64. The first-order valence-electron chi connectivity index (χ1n) is 5.75. The van der Waals surface area contributed by atoms with Gasteiger partial charge >= 0.3 is 0 Å². The summed E-state index contributed by atoms with van der Waals surface area (Å²) in [5, 5.41) is 11.8. The molecule has 1 fully saturated rings. The van der Waals surface area contributed by atoms with Gasteiger partial charge in [0.1, 0.15) is 5.75 Å². The van der Waals surface area contributed by atoms with E-state index < -0.39 is 0 Å². The molecule has 1 aliphatic rings. The summed E-state index contributed by atoms with van der Waals surface area (Å²) in [6.45, 7) is 1.77. The van der Waals surface area contributed by atoms with Crippen molar-refractivity contribution < 1.29 is 9.94 Å². The van der Waals surface area contributed by atoms with Gasteiger partial charge in [0.25, 0.3) is 0 Å². The monoisotopic (exact) mass is 219 g/mol. The molecule has 0 bridgehead atoms. The lowest BCUT2D eigenvalue weighted by molar-refractivity contribution is 0.210. The molecular weight excluding hydrogens is 202 g/mol. The van der Waals surface area contributed by atoms with E-state index in [0.29, 0.717) is 11.8 Å². The lowest BCUT2D eigenvalue weighted by Crippen LogP contribution is -2.10. The molecule has 0 saturated heterocycles. The molecule has 16 heavy (non-hydrogen) atoms. The Labute approximate surface area is 95.7 Å². The van der Waals surface area contributed by atoms with E-state index in [2.05, 4.69) is 5.16 Å². The van der Waals surface area contributed by atoms with Crippen LogP contribution in [0.15, 0.2) is 29.4 Å². The molecule has 86 valence electrons. The van der Waals surface area contributed by atoms with Crippen LogP contribution in [-0.4, -0.2) is 17.0 Å². The van der Waals surface area contributed by atoms with Gasteiger partial charge in [0.05, 0.1) is 11.8 Å². The second kappa shape index (κ2) is 5.01. The van der Waals surface area contributed by atoms with Crippen LogP contribution in [0.5, 0.6) is 5.75 Å². The molecule has 0 atom stereocenters. The molecule has 3 heteroatoms. The van der Waals surface area contributed by atoms with Gasteiger partial charge in [-0.05, 0) is 62.4 Å². The van der Waals surface area contributed by atoms with Crippen LogP contribution >= 0.6 is 0 Å². The molecule has 1 aromatic carbocycles. The predicted octanol–water partition coefficient (Wildman–Crippen LogP) is 3.21. The highest BCUT2D eigenvalue weighted by Crippen LogP contribution is 2.24. The molecule has 2 rings (SSSR count). The smallest absolute Gasteiger partial charge is 0.119 e. The van der Waals surface area contributed by atoms with Crippen LogP contribution in [0.1, 0.15) is 38.2 Å². The lowest BCUT2D eigenvalue weighted by Gasteiger charge is -2.13. The first-order valence-corrected chi connectivity index (χ1v) is 5.75. The molecule has 1 aliphatic carbocycles. The summed E-state index contributed by atoms with van der Waals surface area (Å²) in [7, 11) is 0. The minimum atomic E-state index is 0.387. The summed E-state index contributed by atoms with van der Waals surface area (Å²) in [5.41, 5.74) is 1.54. The maximum Gasteiger partial charge on any atom is 0.119 e. The second-order valence-electron chi connectivity index (χ2n) is 4.23. The number of hydrogen-bond acceptors (Lipinski definition) is 3. The van der Waals surface area contributed by atoms with Crippen molar-refractivity contribution in [3.8, 4) is 5.75 Å². The highest BCUT2D eigenvalue weighted by Gasteiger charge is 2.16. The van der Waals surface area contributed by atoms with Gasteiger partial charge in [0.2, 0.25) is 0 Å². The van der Waals surface area contributed by atoms with Crippen molar-refractivity contribution in [2.75, 3.05) is 0 Å². The average Bonchev–Trinajstić information content (AvgIpc) is 2.82. The summed E-state index contributed by atoms with van der Waals surface area (Å²) < 4.78 is 5.84. The Hall–Kier alpha value is -1.51. The Balaban J connectivity index is 2.01. The second-order valence-corrected chi connectivity index (χ2v) is 4.23. The number of hydrogen-bond donors (Lipinski definition) is 1. The number of ether oxygens (including phenoxy) is 1. The van der Waals surface area contributed by atoms with Crippen molar-refractivity contribution >= 4 is 5.71 Å². The average molecular weight is 219 g/mol. The van der Waals surface area contributed by atoms with Crippen molar-refractivity contribution in [1.29, 1.82) is 0 Å². The zero-order valence-electron chi connectivity index (χ0n) is 9.52.